The first-order chi connectivity index (χ1) is 10.3. The molecule has 4 N–H and O–H groups in total. The van der Waals surface area contributed by atoms with E-state index in [9.17, 15) is 0 Å². The average Bonchev–Trinajstić information content (AvgIpc) is 2.55. The maximum absolute atomic E-state index is 5.45. The van der Waals surface area contributed by atoms with Gasteiger partial charge in [-0.05, 0) is 31.5 Å². The number of nitrogens with one attached hydrogen (secondary N) is 2. The van der Waals surface area contributed by atoms with Crippen molar-refractivity contribution in [1.82, 2.24) is 15.4 Å². The number of unbranched alkanes of at least 4 members (excludes halogenated alkanes) is 1. The molecule has 0 unspecified atom stereocenters. The lowest BCUT2D eigenvalue weighted by atomic mass is 10.1. The zero-order valence-electron chi connectivity index (χ0n) is 12.2. The first-order valence-corrected chi connectivity index (χ1v) is 6.99. The van der Waals surface area contributed by atoms with Gasteiger partial charge in [-0.1, -0.05) is 12.1 Å². The molecule has 1 aromatic heterocycles. The van der Waals surface area contributed by atoms with Gasteiger partial charge in [0, 0.05) is 18.2 Å². The summed E-state index contributed by atoms with van der Waals surface area (Å²) in [6.45, 7) is 1.55. The first-order valence-electron chi connectivity index (χ1n) is 6.99. The molecule has 0 aliphatic heterocycles. The number of rotatable bonds is 8. The van der Waals surface area contributed by atoms with E-state index in [0.717, 1.165) is 42.2 Å². The summed E-state index contributed by atoms with van der Waals surface area (Å²) in [5.41, 5.74) is 13.4. The molecule has 6 heteroatoms. The molecule has 0 bridgehead atoms. The number of benzene rings is 1. The second kappa shape index (κ2) is 8.18. The Balaban J connectivity index is 2.03. The van der Waals surface area contributed by atoms with Crippen molar-refractivity contribution in [2.75, 3.05) is 25.6 Å². The highest BCUT2D eigenvalue weighted by Crippen LogP contribution is 2.28. The minimum Gasteiger partial charge on any atom is -0.496 e. The third-order valence-corrected chi connectivity index (χ3v) is 3.02. The summed E-state index contributed by atoms with van der Waals surface area (Å²) in [5.74, 6) is 1.51. The number of aromatic nitrogens is 2. The van der Waals surface area contributed by atoms with Crippen molar-refractivity contribution in [1.29, 1.82) is 0 Å². The van der Waals surface area contributed by atoms with E-state index in [0.29, 0.717) is 6.54 Å². The molecule has 0 atom stereocenters. The summed E-state index contributed by atoms with van der Waals surface area (Å²) in [6.07, 6.45) is 3.56. The van der Waals surface area contributed by atoms with Crippen LogP contribution in [0.5, 0.6) is 5.75 Å². The fraction of sp³-hybridized carbons (Fsp3) is 0.333. The van der Waals surface area contributed by atoms with Crippen LogP contribution in [0.25, 0.3) is 11.3 Å². The van der Waals surface area contributed by atoms with Crippen molar-refractivity contribution in [2.24, 2.45) is 5.73 Å². The molecule has 0 spiro atoms. The lowest BCUT2D eigenvalue weighted by Gasteiger charge is -2.10. The Morgan fingerprint density at radius 1 is 1.19 bits per heavy atom. The Labute approximate surface area is 124 Å². The maximum Gasteiger partial charge on any atom is 0.144 e. The predicted octanol–water partition coefficient (Wildman–Crippen LogP) is 1.81. The summed E-state index contributed by atoms with van der Waals surface area (Å²) >= 11 is 0. The molecule has 2 rings (SSSR count). The van der Waals surface area contributed by atoms with Crippen LogP contribution in [0.3, 0.4) is 0 Å². The Morgan fingerprint density at radius 2 is 2.05 bits per heavy atom. The molecule has 6 nitrogen and oxygen atoms in total. The molecule has 1 aromatic carbocycles. The fourth-order valence-electron chi connectivity index (χ4n) is 1.94. The van der Waals surface area contributed by atoms with Crippen molar-refractivity contribution in [3.8, 4) is 17.0 Å². The van der Waals surface area contributed by atoms with Gasteiger partial charge in [0.25, 0.3) is 0 Å². The molecule has 0 saturated heterocycles. The lowest BCUT2D eigenvalue weighted by Crippen LogP contribution is -2.23. The minimum absolute atomic E-state index is 0.715. The SMILES string of the molecule is COc1ccccc1-c1cc(NNCCCCN)ncn1. The van der Waals surface area contributed by atoms with Crippen LogP contribution in [0, 0.1) is 0 Å². The van der Waals surface area contributed by atoms with Gasteiger partial charge in [0.15, 0.2) is 0 Å². The van der Waals surface area contributed by atoms with Gasteiger partial charge in [-0.2, -0.15) is 0 Å². The monoisotopic (exact) mass is 287 g/mol. The zero-order valence-corrected chi connectivity index (χ0v) is 12.2. The van der Waals surface area contributed by atoms with E-state index in [1.54, 1.807) is 7.11 Å². The highest BCUT2D eigenvalue weighted by atomic mass is 16.5. The van der Waals surface area contributed by atoms with Crippen LogP contribution in [-0.2, 0) is 0 Å². The van der Waals surface area contributed by atoms with Gasteiger partial charge in [-0.25, -0.2) is 15.4 Å². The van der Waals surface area contributed by atoms with Crippen LogP contribution in [0.15, 0.2) is 36.7 Å². The van der Waals surface area contributed by atoms with Crippen LogP contribution in [-0.4, -0.2) is 30.2 Å². The summed E-state index contributed by atoms with van der Waals surface area (Å²) < 4.78 is 5.36. The van der Waals surface area contributed by atoms with Crippen LogP contribution < -0.4 is 21.3 Å². The number of hydrazine groups is 1. The van der Waals surface area contributed by atoms with Gasteiger partial charge in [0.2, 0.25) is 0 Å². The van der Waals surface area contributed by atoms with E-state index in [4.69, 9.17) is 10.5 Å². The second-order valence-corrected chi connectivity index (χ2v) is 4.54. The summed E-state index contributed by atoms with van der Waals surface area (Å²) in [4.78, 5) is 8.49. The zero-order chi connectivity index (χ0) is 14.9. The quantitative estimate of drug-likeness (QED) is 0.507. The number of ether oxygens (including phenoxy) is 1. The Morgan fingerprint density at radius 3 is 2.86 bits per heavy atom. The largest absolute Gasteiger partial charge is 0.496 e. The van der Waals surface area contributed by atoms with Crippen LogP contribution >= 0.6 is 0 Å². The number of methoxy groups -OCH3 is 1. The van der Waals surface area contributed by atoms with E-state index < -0.39 is 0 Å². The summed E-state index contributed by atoms with van der Waals surface area (Å²) in [5, 5.41) is 0. The second-order valence-electron chi connectivity index (χ2n) is 4.54. The molecular weight excluding hydrogens is 266 g/mol. The number of para-hydroxylation sites is 1. The molecule has 0 saturated carbocycles. The van der Waals surface area contributed by atoms with Crippen molar-refractivity contribution in [3.05, 3.63) is 36.7 Å². The average molecular weight is 287 g/mol. The van der Waals surface area contributed by atoms with E-state index in [2.05, 4.69) is 20.8 Å². The predicted molar refractivity (Wildman–Crippen MR) is 83.9 cm³/mol. The smallest absolute Gasteiger partial charge is 0.144 e. The molecule has 0 aliphatic carbocycles. The minimum atomic E-state index is 0.715. The topological polar surface area (TPSA) is 85.1 Å². The molecular formula is C15H21N5O. The molecule has 2 aromatic rings. The van der Waals surface area contributed by atoms with Crippen molar-refractivity contribution in [2.45, 2.75) is 12.8 Å². The van der Waals surface area contributed by atoms with E-state index in [1.807, 2.05) is 30.3 Å². The van der Waals surface area contributed by atoms with Crippen molar-refractivity contribution >= 4 is 5.82 Å². The summed E-state index contributed by atoms with van der Waals surface area (Å²) in [7, 11) is 1.65. The van der Waals surface area contributed by atoms with E-state index >= 15 is 0 Å². The number of anilines is 1. The number of nitrogens with zero attached hydrogens (tertiary/aromatic N) is 2. The van der Waals surface area contributed by atoms with Gasteiger partial charge in [0.1, 0.15) is 17.9 Å². The van der Waals surface area contributed by atoms with Crippen LogP contribution in [0.1, 0.15) is 12.8 Å². The fourth-order valence-corrected chi connectivity index (χ4v) is 1.94. The maximum atomic E-state index is 5.45. The van der Waals surface area contributed by atoms with Crippen LogP contribution in [0.4, 0.5) is 5.82 Å². The van der Waals surface area contributed by atoms with Gasteiger partial charge in [-0.3, -0.25) is 0 Å². The van der Waals surface area contributed by atoms with Gasteiger partial charge < -0.3 is 15.9 Å². The molecule has 0 radical (unpaired) electrons. The Bertz CT molecular complexity index is 561. The molecule has 0 aliphatic rings. The summed E-state index contributed by atoms with van der Waals surface area (Å²) in [6, 6.07) is 9.66. The van der Waals surface area contributed by atoms with E-state index in [1.165, 1.54) is 6.33 Å². The third-order valence-electron chi connectivity index (χ3n) is 3.02. The standard InChI is InChI=1S/C15H21N5O/c1-21-14-7-3-2-6-12(14)13-10-15(18-11-17-13)20-19-9-5-4-8-16/h2-3,6-7,10-11,19H,4-5,8-9,16H2,1H3,(H,17,18,20). The number of hydrogen-bond acceptors (Lipinski definition) is 6. The van der Waals surface area contributed by atoms with E-state index in [-0.39, 0.29) is 0 Å². The van der Waals surface area contributed by atoms with Gasteiger partial charge in [0.05, 0.1) is 12.8 Å². The molecule has 0 fully saturated rings. The lowest BCUT2D eigenvalue weighted by molar-refractivity contribution is 0.416. The van der Waals surface area contributed by atoms with Gasteiger partial charge in [-0.15, -0.1) is 0 Å². The number of nitrogens with two attached hydrogens (primary N) is 1. The normalized spacial score (nSPS) is 10.4. The Kier molecular flexibility index (Phi) is 5.93. The van der Waals surface area contributed by atoms with Crippen molar-refractivity contribution in [3.63, 3.8) is 0 Å². The molecule has 0 amide bonds. The number of hydrogen-bond donors (Lipinski definition) is 3. The highest BCUT2D eigenvalue weighted by molar-refractivity contribution is 5.68. The van der Waals surface area contributed by atoms with Crippen molar-refractivity contribution < 1.29 is 4.74 Å². The molecule has 1 heterocycles. The van der Waals surface area contributed by atoms with Gasteiger partial charge >= 0.3 is 0 Å². The molecule has 21 heavy (non-hydrogen) atoms. The first kappa shape index (κ1) is 15.2. The highest BCUT2D eigenvalue weighted by Gasteiger charge is 2.07. The third kappa shape index (κ3) is 4.40. The van der Waals surface area contributed by atoms with Crippen LogP contribution in [0.2, 0.25) is 0 Å². The Hall–Kier alpha value is -2.18. The molecule has 112 valence electrons.